The fourth-order valence-electron chi connectivity index (χ4n) is 2.15. The zero-order valence-corrected chi connectivity index (χ0v) is 11.1. The van der Waals surface area contributed by atoms with Crippen LogP contribution in [-0.4, -0.2) is 12.5 Å². The van der Waals surface area contributed by atoms with E-state index in [0.29, 0.717) is 10.9 Å². The van der Waals surface area contributed by atoms with Crippen LogP contribution in [-0.2, 0) is 11.2 Å². The molecule has 17 heavy (non-hydrogen) atoms. The Hall–Kier alpha value is -0.900. The lowest BCUT2D eigenvalue weighted by Crippen LogP contribution is -2.30. The van der Waals surface area contributed by atoms with Crippen LogP contribution in [0.1, 0.15) is 24.8 Å². The van der Waals surface area contributed by atoms with E-state index < -0.39 is 0 Å². The van der Waals surface area contributed by atoms with Crippen LogP contribution >= 0.6 is 15.9 Å². The second kappa shape index (κ2) is 5.63. The second-order valence-corrected chi connectivity index (χ2v) is 5.29. The first-order chi connectivity index (χ1) is 8.16. The molecule has 1 amide bonds. The van der Waals surface area contributed by atoms with Crippen LogP contribution in [0, 0.1) is 11.7 Å². The Morgan fingerprint density at radius 1 is 1.41 bits per heavy atom. The van der Waals surface area contributed by atoms with Crippen molar-refractivity contribution in [3.05, 3.63) is 34.1 Å². The lowest BCUT2D eigenvalue weighted by Gasteiger charge is -2.13. The molecule has 1 aliphatic rings. The molecule has 1 N–H and O–H groups in total. The highest BCUT2D eigenvalue weighted by molar-refractivity contribution is 9.10. The molecule has 0 aromatic heterocycles. The van der Waals surface area contributed by atoms with Crippen molar-refractivity contribution in [3.8, 4) is 0 Å². The molecule has 0 aliphatic carbocycles. The number of carbonyl (C=O) groups excluding carboxylic acids is 1. The maximum atomic E-state index is 13.1. The molecule has 0 saturated carbocycles. The highest BCUT2D eigenvalue weighted by Crippen LogP contribution is 2.22. The molecule has 4 heteroatoms. The summed E-state index contributed by atoms with van der Waals surface area (Å²) < 4.78 is 13.6. The maximum Gasteiger partial charge on any atom is 0.223 e. The third-order valence-corrected chi connectivity index (χ3v) is 3.72. The molecule has 0 radical (unpaired) electrons. The van der Waals surface area contributed by atoms with E-state index in [1.807, 2.05) is 0 Å². The van der Waals surface area contributed by atoms with Crippen molar-refractivity contribution in [3.63, 3.8) is 0 Å². The van der Waals surface area contributed by atoms with Crippen LogP contribution in [0.15, 0.2) is 22.7 Å². The van der Waals surface area contributed by atoms with Crippen molar-refractivity contribution in [2.75, 3.05) is 6.54 Å². The van der Waals surface area contributed by atoms with Gasteiger partial charge in [0.05, 0.1) is 4.47 Å². The SMILES string of the molecule is O=C1NCCCCC1Cc1ccc(F)c(Br)c1. The number of amides is 1. The molecule has 0 spiro atoms. The summed E-state index contributed by atoms with van der Waals surface area (Å²) in [6.07, 6.45) is 3.73. The molecule has 1 unspecified atom stereocenters. The summed E-state index contributed by atoms with van der Waals surface area (Å²) in [5.41, 5.74) is 1.00. The van der Waals surface area contributed by atoms with Gasteiger partial charge in [-0.15, -0.1) is 0 Å². The number of benzene rings is 1. The first-order valence-electron chi connectivity index (χ1n) is 5.88. The smallest absolute Gasteiger partial charge is 0.223 e. The lowest BCUT2D eigenvalue weighted by molar-refractivity contribution is -0.124. The van der Waals surface area contributed by atoms with Crippen LogP contribution in [0.4, 0.5) is 4.39 Å². The number of nitrogens with one attached hydrogen (secondary N) is 1. The highest BCUT2D eigenvalue weighted by Gasteiger charge is 2.20. The van der Waals surface area contributed by atoms with Gasteiger partial charge in [0.1, 0.15) is 5.82 Å². The van der Waals surface area contributed by atoms with Crippen LogP contribution in [0.25, 0.3) is 0 Å². The molecule has 2 rings (SSSR count). The lowest BCUT2D eigenvalue weighted by atomic mass is 9.94. The average Bonchev–Trinajstić information content (AvgIpc) is 2.50. The fraction of sp³-hybridized carbons (Fsp3) is 0.462. The molecule has 1 aliphatic heterocycles. The van der Waals surface area contributed by atoms with Gasteiger partial charge in [-0.05, 0) is 52.9 Å². The Balaban J connectivity index is 2.08. The molecule has 1 aromatic rings. The molecule has 1 fully saturated rings. The number of carbonyl (C=O) groups is 1. The summed E-state index contributed by atoms with van der Waals surface area (Å²) in [5.74, 6) is -0.114. The van der Waals surface area contributed by atoms with E-state index in [2.05, 4.69) is 21.2 Å². The molecule has 1 saturated heterocycles. The molecule has 1 aromatic carbocycles. The van der Waals surface area contributed by atoms with Crippen molar-refractivity contribution >= 4 is 21.8 Å². The largest absolute Gasteiger partial charge is 0.356 e. The van der Waals surface area contributed by atoms with E-state index in [4.69, 9.17) is 0 Å². The zero-order chi connectivity index (χ0) is 12.3. The van der Waals surface area contributed by atoms with E-state index >= 15 is 0 Å². The normalized spacial score (nSPS) is 20.8. The van der Waals surface area contributed by atoms with Crippen molar-refractivity contribution in [2.24, 2.45) is 5.92 Å². The number of hydrogen-bond donors (Lipinski definition) is 1. The van der Waals surface area contributed by atoms with Crippen LogP contribution in [0.3, 0.4) is 0 Å². The van der Waals surface area contributed by atoms with Gasteiger partial charge in [0.2, 0.25) is 5.91 Å². The second-order valence-electron chi connectivity index (χ2n) is 4.44. The third-order valence-electron chi connectivity index (χ3n) is 3.12. The Bertz CT molecular complexity index is 422. The van der Waals surface area contributed by atoms with Gasteiger partial charge in [-0.3, -0.25) is 4.79 Å². The van der Waals surface area contributed by atoms with Crippen LogP contribution in [0.5, 0.6) is 0 Å². The number of rotatable bonds is 2. The minimum Gasteiger partial charge on any atom is -0.356 e. The highest BCUT2D eigenvalue weighted by atomic mass is 79.9. The molecular formula is C13H15BrFNO. The topological polar surface area (TPSA) is 29.1 Å². The van der Waals surface area contributed by atoms with Gasteiger partial charge in [0, 0.05) is 12.5 Å². The fourth-order valence-corrected chi connectivity index (χ4v) is 2.57. The molecule has 0 bridgehead atoms. The number of halogens is 2. The third kappa shape index (κ3) is 3.28. The van der Waals surface area contributed by atoms with E-state index in [-0.39, 0.29) is 17.6 Å². The first-order valence-corrected chi connectivity index (χ1v) is 6.68. The van der Waals surface area contributed by atoms with Gasteiger partial charge >= 0.3 is 0 Å². The predicted octanol–water partition coefficient (Wildman–Crippen LogP) is 3.05. The van der Waals surface area contributed by atoms with Crippen molar-refractivity contribution in [1.29, 1.82) is 0 Å². The van der Waals surface area contributed by atoms with Crippen molar-refractivity contribution in [1.82, 2.24) is 5.32 Å². The Morgan fingerprint density at radius 3 is 3.00 bits per heavy atom. The standard InChI is InChI=1S/C13H15BrFNO/c14-11-8-9(4-5-12(11)15)7-10-3-1-2-6-16-13(10)17/h4-5,8,10H,1-3,6-7H2,(H,16,17). The van der Waals surface area contributed by atoms with Gasteiger partial charge in [-0.1, -0.05) is 12.5 Å². The minimum atomic E-state index is -0.265. The summed E-state index contributed by atoms with van der Waals surface area (Å²) in [6, 6.07) is 4.94. The summed E-state index contributed by atoms with van der Waals surface area (Å²) in [5, 5.41) is 2.92. The molecular weight excluding hydrogens is 285 g/mol. The van der Waals surface area contributed by atoms with Crippen LogP contribution < -0.4 is 5.32 Å². The van der Waals surface area contributed by atoms with E-state index in [1.165, 1.54) is 6.07 Å². The predicted molar refractivity (Wildman–Crippen MR) is 68.2 cm³/mol. The summed E-state index contributed by atoms with van der Waals surface area (Å²) in [7, 11) is 0. The van der Waals surface area contributed by atoms with Gasteiger partial charge in [-0.2, -0.15) is 0 Å². The van der Waals surface area contributed by atoms with E-state index in [0.717, 1.165) is 31.4 Å². The van der Waals surface area contributed by atoms with Gasteiger partial charge < -0.3 is 5.32 Å². The van der Waals surface area contributed by atoms with Gasteiger partial charge in [0.25, 0.3) is 0 Å². The summed E-state index contributed by atoms with van der Waals surface area (Å²) in [6.45, 7) is 0.780. The zero-order valence-electron chi connectivity index (χ0n) is 9.51. The summed E-state index contributed by atoms with van der Waals surface area (Å²) in [4.78, 5) is 11.8. The summed E-state index contributed by atoms with van der Waals surface area (Å²) >= 11 is 3.17. The Morgan fingerprint density at radius 2 is 2.24 bits per heavy atom. The Kier molecular flexibility index (Phi) is 4.15. The molecule has 2 nitrogen and oxygen atoms in total. The number of hydrogen-bond acceptors (Lipinski definition) is 1. The maximum absolute atomic E-state index is 13.1. The molecule has 92 valence electrons. The monoisotopic (exact) mass is 299 g/mol. The minimum absolute atomic E-state index is 0.0230. The van der Waals surface area contributed by atoms with E-state index in [9.17, 15) is 9.18 Å². The van der Waals surface area contributed by atoms with Crippen LogP contribution in [0.2, 0.25) is 0 Å². The molecule has 1 heterocycles. The van der Waals surface area contributed by atoms with Crippen molar-refractivity contribution < 1.29 is 9.18 Å². The molecule has 1 atom stereocenters. The first kappa shape index (κ1) is 12.6. The Labute approximate surface area is 109 Å². The quantitative estimate of drug-likeness (QED) is 0.893. The van der Waals surface area contributed by atoms with Gasteiger partial charge in [-0.25, -0.2) is 4.39 Å². The van der Waals surface area contributed by atoms with Crippen molar-refractivity contribution in [2.45, 2.75) is 25.7 Å². The van der Waals surface area contributed by atoms with E-state index in [1.54, 1.807) is 12.1 Å². The average molecular weight is 300 g/mol. The van der Waals surface area contributed by atoms with Gasteiger partial charge in [0.15, 0.2) is 0 Å².